The average Bonchev–Trinajstić information content (AvgIpc) is 2.99. The van der Waals surface area contributed by atoms with E-state index in [-0.39, 0.29) is 44.9 Å². The number of allylic oxidation sites excluding steroid dienone is 2. The Kier molecular flexibility index (Phi) is 8.43. The highest BCUT2D eigenvalue weighted by Crippen LogP contribution is 2.76. The molecule has 254 valence electrons. The van der Waals surface area contributed by atoms with E-state index < -0.39 is 17.6 Å². The van der Waals surface area contributed by atoms with Crippen LogP contribution in [-0.4, -0.2) is 29.3 Å². The smallest absolute Gasteiger partial charge is 0.313 e. The minimum atomic E-state index is -0.664. The van der Waals surface area contributed by atoms with Crippen LogP contribution in [0, 0.1) is 50.2 Å². The van der Waals surface area contributed by atoms with Gasteiger partial charge < -0.3 is 14.6 Å². The van der Waals surface area contributed by atoms with Gasteiger partial charge in [-0.05, 0) is 115 Å². The molecule has 1 aromatic carbocycles. The Bertz CT molecular complexity index is 1360. The van der Waals surface area contributed by atoms with Crippen molar-refractivity contribution in [2.45, 2.75) is 145 Å². The number of carbonyl (C=O) groups excluding carboxylic acids is 2. The van der Waals surface area contributed by atoms with Gasteiger partial charge in [0.05, 0.1) is 11.5 Å². The van der Waals surface area contributed by atoms with Crippen molar-refractivity contribution >= 4 is 11.9 Å². The molecule has 1 N–H and O–H groups in total. The first kappa shape index (κ1) is 33.7. The first-order valence-electron chi connectivity index (χ1n) is 18.3. The first-order chi connectivity index (χ1) is 21.5. The van der Waals surface area contributed by atoms with E-state index >= 15 is 0 Å². The van der Waals surface area contributed by atoms with Crippen molar-refractivity contribution in [3.8, 4) is 0 Å². The monoisotopic (exact) mass is 632 g/mol. The number of rotatable bonds is 6. The maximum Gasteiger partial charge on any atom is 0.313 e. The number of esters is 2. The van der Waals surface area contributed by atoms with Crippen LogP contribution in [0.1, 0.15) is 132 Å². The predicted molar refractivity (Wildman–Crippen MR) is 181 cm³/mol. The van der Waals surface area contributed by atoms with Gasteiger partial charge in [0.25, 0.3) is 0 Å². The molecule has 5 aliphatic rings. The van der Waals surface area contributed by atoms with Gasteiger partial charge in [-0.2, -0.15) is 0 Å². The van der Waals surface area contributed by atoms with Gasteiger partial charge in [0.15, 0.2) is 0 Å². The van der Waals surface area contributed by atoms with Gasteiger partial charge >= 0.3 is 11.9 Å². The molecular weight excluding hydrogens is 572 g/mol. The van der Waals surface area contributed by atoms with E-state index in [1.54, 1.807) is 0 Å². The molecule has 5 aliphatic carbocycles. The Labute approximate surface area is 278 Å². The molecule has 0 heterocycles. The summed E-state index contributed by atoms with van der Waals surface area (Å²) in [6, 6.07) is 10.1. The molecule has 6 rings (SSSR count). The summed E-state index contributed by atoms with van der Waals surface area (Å²) in [6.45, 7) is 19.0. The van der Waals surface area contributed by atoms with Gasteiger partial charge in [0.1, 0.15) is 12.7 Å². The van der Waals surface area contributed by atoms with Crippen LogP contribution >= 0.6 is 0 Å². The van der Waals surface area contributed by atoms with Crippen molar-refractivity contribution in [3.05, 3.63) is 47.5 Å². The van der Waals surface area contributed by atoms with Crippen molar-refractivity contribution < 1.29 is 24.2 Å². The molecule has 0 bridgehead atoms. The van der Waals surface area contributed by atoms with Crippen LogP contribution in [0.5, 0.6) is 0 Å². The zero-order valence-corrected chi connectivity index (χ0v) is 29.9. The van der Waals surface area contributed by atoms with Crippen LogP contribution < -0.4 is 0 Å². The van der Waals surface area contributed by atoms with Crippen LogP contribution in [0.2, 0.25) is 0 Å². The van der Waals surface area contributed by atoms with Gasteiger partial charge in [-0.1, -0.05) is 97.4 Å². The van der Waals surface area contributed by atoms with Gasteiger partial charge in [0.2, 0.25) is 0 Å². The Morgan fingerprint density at radius 1 is 0.891 bits per heavy atom. The van der Waals surface area contributed by atoms with Crippen molar-refractivity contribution in [1.29, 1.82) is 0 Å². The minimum Gasteiger partial charge on any atom is -0.460 e. The van der Waals surface area contributed by atoms with Crippen LogP contribution in [0.3, 0.4) is 0 Å². The fourth-order valence-electron chi connectivity index (χ4n) is 12.1. The lowest BCUT2D eigenvalue weighted by Gasteiger charge is -2.71. The Balaban J connectivity index is 1.35. The zero-order chi connectivity index (χ0) is 33.3. The number of ether oxygens (including phenoxy) is 2. The Morgan fingerprint density at radius 2 is 1.59 bits per heavy atom. The summed E-state index contributed by atoms with van der Waals surface area (Å²) in [5.41, 5.74) is 1.85. The summed E-state index contributed by atoms with van der Waals surface area (Å²) in [5, 5.41) is 11.6. The highest BCUT2D eigenvalue weighted by Gasteiger charge is 2.70. The normalized spacial score (nSPS) is 42.3. The number of aliphatic hydroxyl groups excluding tert-OH is 1. The number of carbonyl (C=O) groups is 2. The maximum absolute atomic E-state index is 14.3. The van der Waals surface area contributed by atoms with Gasteiger partial charge in [-0.3, -0.25) is 9.59 Å². The lowest BCUT2D eigenvalue weighted by atomic mass is 9.33. The highest BCUT2D eigenvalue weighted by atomic mass is 16.6. The summed E-state index contributed by atoms with van der Waals surface area (Å²) in [5.74, 6) is 0.748. The summed E-state index contributed by atoms with van der Waals surface area (Å²) < 4.78 is 12.3. The predicted octanol–water partition coefficient (Wildman–Crippen LogP) is 9.21. The lowest BCUT2D eigenvalue weighted by Crippen LogP contribution is -2.67. The molecular formula is C41H60O5. The van der Waals surface area contributed by atoms with Crippen molar-refractivity contribution in [2.24, 2.45) is 50.2 Å². The van der Waals surface area contributed by atoms with Gasteiger partial charge in [-0.25, -0.2) is 0 Å². The summed E-state index contributed by atoms with van der Waals surface area (Å²) >= 11 is 0. The molecule has 5 nitrogen and oxygen atoms in total. The minimum absolute atomic E-state index is 0.00232. The number of fused-ring (bicyclic) bond motifs is 7. The molecule has 0 spiro atoms. The lowest BCUT2D eigenvalue weighted by molar-refractivity contribution is -0.238. The van der Waals surface area contributed by atoms with E-state index in [9.17, 15) is 14.7 Å². The fraction of sp³-hybridized carbons (Fsp3) is 0.756. The van der Waals surface area contributed by atoms with E-state index in [0.717, 1.165) is 63.4 Å². The van der Waals surface area contributed by atoms with E-state index in [2.05, 4.69) is 54.5 Å². The second-order valence-electron chi connectivity index (χ2n) is 18.2. The summed E-state index contributed by atoms with van der Waals surface area (Å²) in [6.07, 6.45) is 11.2. The largest absolute Gasteiger partial charge is 0.460 e. The Morgan fingerprint density at radius 3 is 2.28 bits per heavy atom. The van der Waals surface area contributed by atoms with E-state index in [0.29, 0.717) is 31.3 Å². The van der Waals surface area contributed by atoms with Crippen molar-refractivity contribution in [1.82, 2.24) is 0 Å². The fourth-order valence-corrected chi connectivity index (χ4v) is 12.1. The SMILES string of the molecule is CCCC(=O)O[C@@H]1C[C@]2(C)[C@H]3CC=C4[C@@H]5CC(C)(C)CC[C@]5(C(=O)OCc5ccccc5)CC[C@@]4(C)[C@]3(C)CC[C@H]2C(C)(C)[C@H]1O. The first-order valence-corrected chi connectivity index (χ1v) is 18.3. The second-order valence-corrected chi connectivity index (χ2v) is 18.2. The third-order valence-corrected chi connectivity index (χ3v) is 14.9. The second kappa shape index (κ2) is 11.5. The van der Waals surface area contributed by atoms with Crippen molar-refractivity contribution in [3.63, 3.8) is 0 Å². The molecule has 0 aromatic heterocycles. The summed E-state index contributed by atoms with van der Waals surface area (Å²) in [7, 11) is 0. The molecule has 0 unspecified atom stereocenters. The molecule has 9 atom stereocenters. The van der Waals surface area contributed by atoms with E-state index in [4.69, 9.17) is 9.47 Å². The quantitative estimate of drug-likeness (QED) is 0.250. The van der Waals surface area contributed by atoms with Gasteiger partial charge in [0, 0.05) is 6.42 Å². The molecule has 4 saturated carbocycles. The van der Waals surface area contributed by atoms with Crippen LogP contribution in [-0.2, 0) is 25.7 Å². The Hall–Kier alpha value is -2.14. The van der Waals surface area contributed by atoms with Crippen LogP contribution in [0.15, 0.2) is 42.0 Å². The number of benzene rings is 1. The molecule has 4 fully saturated rings. The molecule has 5 heteroatoms. The molecule has 0 radical (unpaired) electrons. The van der Waals surface area contributed by atoms with Crippen molar-refractivity contribution in [2.75, 3.05) is 0 Å². The zero-order valence-electron chi connectivity index (χ0n) is 29.9. The van der Waals surface area contributed by atoms with Crippen LogP contribution in [0.25, 0.3) is 0 Å². The highest BCUT2D eigenvalue weighted by molar-refractivity contribution is 5.79. The third kappa shape index (κ3) is 5.03. The third-order valence-electron chi connectivity index (χ3n) is 14.9. The topological polar surface area (TPSA) is 72.8 Å². The molecule has 0 saturated heterocycles. The van der Waals surface area contributed by atoms with Gasteiger partial charge in [-0.15, -0.1) is 0 Å². The number of hydrogen-bond donors (Lipinski definition) is 1. The molecule has 46 heavy (non-hydrogen) atoms. The number of hydrogen-bond acceptors (Lipinski definition) is 5. The van der Waals surface area contributed by atoms with Crippen LogP contribution in [0.4, 0.5) is 0 Å². The molecule has 0 amide bonds. The average molecular weight is 633 g/mol. The van der Waals surface area contributed by atoms with E-state index in [1.165, 1.54) is 5.57 Å². The molecule has 0 aliphatic heterocycles. The maximum atomic E-state index is 14.3. The van der Waals surface area contributed by atoms with E-state index in [1.807, 2.05) is 37.3 Å². The summed E-state index contributed by atoms with van der Waals surface area (Å²) in [4.78, 5) is 27.0. The standard InChI is InChI=1S/C41H60O5/c1-9-13-33(42)46-30-25-38(6)31(37(4,5)34(30)43)18-19-40(8)32(38)17-16-28-29-24-36(2,3)20-22-41(29,23-21-39(28,40)7)35(44)45-26-27-14-11-10-12-15-27/h10-12,14-16,29-32,34,43H,9,13,17-26H2,1-8H3/t29-,30+,31-,32+,34-,38-,39+,40+,41-/m0/s1. The number of aliphatic hydroxyl groups is 1. The molecule has 1 aromatic rings.